The predicted octanol–water partition coefficient (Wildman–Crippen LogP) is 3.39. The Morgan fingerprint density at radius 3 is 2.59 bits per heavy atom. The Bertz CT molecular complexity index is 541. The number of rotatable bonds is 3. The van der Waals surface area contributed by atoms with Crippen molar-refractivity contribution in [1.82, 2.24) is 4.98 Å². The summed E-state index contributed by atoms with van der Waals surface area (Å²) in [5, 5.41) is 9.40. The quantitative estimate of drug-likeness (QED) is 0.827. The maximum atomic E-state index is 8.64. The van der Waals surface area contributed by atoms with Crippen LogP contribution in [0.4, 0.5) is 0 Å². The minimum Gasteiger partial charge on any atom is -0.245 e. The molecule has 1 aromatic carbocycles. The summed E-state index contributed by atoms with van der Waals surface area (Å²) in [7, 11) is 0. The van der Waals surface area contributed by atoms with Gasteiger partial charge in [-0.3, -0.25) is 0 Å². The standard InChI is InChI=1S/C14H11ClN2/c15-13-3-1-2-11(8-13)4-5-12-6-7-14(9-16)17-10-12/h1-3,6-8,10H,4-5H2. The van der Waals surface area contributed by atoms with Crippen LogP contribution in [0.25, 0.3) is 0 Å². The minimum atomic E-state index is 0.455. The topological polar surface area (TPSA) is 36.7 Å². The van der Waals surface area contributed by atoms with Gasteiger partial charge in [0.1, 0.15) is 11.8 Å². The van der Waals surface area contributed by atoms with Crippen molar-refractivity contribution < 1.29 is 0 Å². The Labute approximate surface area is 105 Å². The van der Waals surface area contributed by atoms with E-state index in [2.05, 4.69) is 11.1 Å². The summed E-state index contributed by atoms with van der Waals surface area (Å²) in [5.41, 5.74) is 2.79. The molecule has 0 N–H and O–H groups in total. The maximum absolute atomic E-state index is 8.64. The third-order valence-corrected chi connectivity index (χ3v) is 2.77. The highest BCUT2D eigenvalue weighted by atomic mass is 35.5. The molecular formula is C14H11ClN2. The van der Waals surface area contributed by atoms with E-state index in [0.29, 0.717) is 5.69 Å². The molecule has 0 amide bonds. The highest BCUT2D eigenvalue weighted by Gasteiger charge is 1.98. The van der Waals surface area contributed by atoms with Crippen molar-refractivity contribution in [1.29, 1.82) is 5.26 Å². The van der Waals surface area contributed by atoms with Crippen LogP contribution in [0.2, 0.25) is 5.02 Å². The molecule has 2 aromatic rings. The molecule has 0 spiro atoms. The first-order valence-corrected chi connectivity index (χ1v) is 5.75. The highest BCUT2D eigenvalue weighted by Crippen LogP contribution is 2.13. The third-order valence-electron chi connectivity index (χ3n) is 2.53. The Morgan fingerprint density at radius 1 is 1.12 bits per heavy atom. The second-order valence-electron chi connectivity index (χ2n) is 3.79. The zero-order valence-corrected chi connectivity index (χ0v) is 9.98. The second-order valence-corrected chi connectivity index (χ2v) is 4.23. The van der Waals surface area contributed by atoms with Gasteiger partial charge in [-0.05, 0) is 42.2 Å². The van der Waals surface area contributed by atoms with Gasteiger partial charge in [0.25, 0.3) is 0 Å². The lowest BCUT2D eigenvalue weighted by molar-refractivity contribution is 0.948. The molecule has 0 aliphatic heterocycles. The lowest BCUT2D eigenvalue weighted by atomic mass is 10.1. The van der Waals surface area contributed by atoms with Crippen LogP contribution in [0.3, 0.4) is 0 Å². The molecular weight excluding hydrogens is 232 g/mol. The van der Waals surface area contributed by atoms with Crippen LogP contribution < -0.4 is 0 Å². The molecule has 0 atom stereocenters. The lowest BCUT2D eigenvalue weighted by Crippen LogP contribution is -1.93. The van der Waals surface area contributed by atoms with Crippen molar-refractivity contribution in [3.05, 3.63) is 64.4 Å². The van der Waals surface area contributed by atoms with Gasteiger partial charge in [0, 0.05) is 11.2 Å². The summed E-state index contributed by atoms with van der Waals surface area (Å²) in [6.07, 6.45) is 3.58. The molecule has 0 bridgehead atoms. The van der Waals surface area contributed by atoms with Gasteiger partial charge in [0.05, 0.1) is 0 Å². The summed E-state index contributed by atoms with van der Waals surface area (Å²) in [4.78, 5) is 4.04. The van der Waals surface area contributed by atoms with Gasteiger partial charge in [-0.25, -0.2) is 4.98 Å². The van der Waals surface area contributed by atoms with Crippen molar-refractivity contribution in [3.8, 4) is 6.07 Å². The number of nitriles is 1. The molecule has 17 heavy (non-hydrogen) atoms. The Morgan fingerprint density at radius 2 is 1.94 bits per heavy atom. The van der Waals surface area contributed by atoms with Gasteiger partial charge in [-0.1, -0.05) is 29.8 Å². The first-order valence-electron chi connectivity index (χ1n) is 5.37. The maximum Gasteiger partial charge on any atom is 0.140 e. The monoisotopic (exact) mass is 242 g/mol. The molecule has 2 nitrogen and oxygen atoms in total. The van der Waals surface area contributed by atoms with Crippen LogP contribution >= 0.6 is 11.6 Å². The minimum absolute atomic E-state index is 0.455. The molecule has 1 heterocycles. The fourth-order valence-corrected chi connectivity index (χ4v) is 1.83. The summed E-state index contributed by atoms with van der Waals surface area (Å²) in [6.45, 7) is 0. The first-order chi connectivity index (χ1) is 8.28. The Kier molecular flexibility index (Phi) is 3.74. The van der Waals surface area contributed by atoms with Gasteiger partial charge in [-0.2, -0.15) is 5.26 Å². The van der Waals surface area contributed by atoms with Gasteiger partial charge >= 0.3 is 0 Å². The number of aryl methyl sites for hydroxylation is 2. The highest BCUT2D eigenvalue weighted by molar-refractivity contribution is 6.30. The number of halogens is 1. The Balaban J connectivity index is 2.00. The Hall–Kier alpha value is -1.85. The van der Waals surface area contributed by atoms with Crippen LogP contribution in [0.5, 0.6) is 0 Å². The average molecular weight is 243 g/mol. The van der Waals surface area contributed by atoms with E-state index in [1.54, 1.807) is 12.3 Å². The van der Waals surface area contributed by atoms with Crippen LogP contribution in [-0.2, 0) is 12.8 Å². The zero-order chi connectivity index (χ0) is 12.1. The lowest BCUT2D eigenvalue weighted by Gasteiger charge is -2.02. The van der Waals surface area contributed by atoms with Crippen LogP contribution in [0.15, 0.2) is 42.6 Å². The number of aromatic nitrogens is 1. The molecule has 1 aromatic heterocycles. The van der Waals surface area contributed by atoms with Crippen LogP contribution in [0, 0.1) is 11.3 Å². The average Bonchev–Trinajstić information content (AvgIpc) is 2.37. The largest absolute Gasteiger partial charge is 0.245 e. The molecule has 0 fully saturated rings. The van der Waals surface area contributed by atoms with E-state index in [9.17, 15) is 0 Å². The van der Waals surface area contributed by atoms with E-state index >= 15 is 0 Å². The zero-order valence-electron chi connectivity index (χ0n) is 9.23. The molecule has 0 aliphatic carbocycles. The van der Waals surface area contributed by atoms with Crippen LogP contribution in [0.1, 0.15) is 16.8 Å². The number of benzene rings is 1. The molecule has 84 valence electrons. The summed E-state index contributed by atoms with van der Waals surface area (Å²) >= 11 is 5.92. The van der Waals surface area contributed by atoms with E-state index in [4.69, 9.17) is 16.9 Å². The summed E-state index contributed by atoms with van der Waals surface area (Å²) < 4.78 is 0. The second kappa shape index (κ2) is 5.47. The van der Waals surface area contributed by atoms with E-state index in [0.717, 1.165) is 23.4 Å². The van der Waals surface area contributed by atoms with E-state index in [1.165, 1.54) is 5.56 Å². The van der Waals surface area contributed by atoms with Crippen molar-refractivity contribution in [3.63, 3.8) is 0 Å². The molecule has 0 saturated carbocycles. The van der Waals surface area contributed by atoms with Gasteiger partial charge in [0.2, 0.25) is 0 Å². The molecule has 0 aliphatic rings. The number of nitrogens with zero attached hydrogens (tertiary/aromatic N) is 2. The van der Waals surface area contributed by atoms with E-state index in [1.807, 2.05) is 30.3 Å². The van der Waals surface area contributed by atoms with Crippen molar-refractivity contribution in [2.45, 2.75) is 12.8 Å². The fourth-order valence-electron chi connectivity index (χ4n) is 1.62. The van der Waals surface area contributed by atoms with E-state index < -0.39 is 0 Å². The van der Waals surface area contributed by atoms with Gasteiger partial charge < -0.3 is 0 Å². The molecule has 0 unspecified atom stereocenters. The number of hydrogen-bond donors (Lipinski definition) is 0. The SMILES string of the molecule is N#Cc1ccc(CCc2cccc(Cl)c2)cn1. The normalized spacial score (nSPS) is 9.88. The predicted molar refractivity (Wildman–Crippen MR) is 67.8 cm³/mol. The van der Waals surface area contributed by atoms with Gasteiger partial charge in [0.15, 0.2) is 0 Å². The summed E-state index contributed by atoms with van der Waals surface area (Å²) in [5.74, 6) is 0. The molecule has 0 radical (unpaired) electrons. The molecule has 2 rings (SSSR count). The smallest absolute Gasteiger partial charge is 0.140 e. The summed E-state index contributed by atoms with van der Waals surface area (Å²) in [6, 6.07) is 13.5. The van der Waals surface area contributed by atoms with Crippen molar-refractivity contribution in [2.75, 3.05) is 0 Å². The molecule has 3 heteroatoms. The number of hydrogen-bond acceptors (Lipinski definition) is 2. The number of pyridine rings is 1. The van der Waals surface area contributed by atoms with E-state index in [-0.39, 0.29) is 0 Å². The van der Waals surface area contributed by atoms with Crippen molar-refractivity contribution in [2.24, 2.45) is 0 Å². The van der Waals surface area contributed by atoms with Gasteiger partial charge in [-0.15, -0.1) is 0 Å². The van der Waals surface area contributed by atoms with Crippen LogP contribution in [-0.4, -0.2) is 4.98 Å². The molecule has 0 saturated heterocycles. The third kappa shape index (κ3) is 3.30. The fraction of sp³-hybridized carbons (Fsp3) is 0.143. The van der Waals surface area contributed by atoms with Crippen molar-refractivity contribution >= 4 is 11.6 Å². The first kappa shape index (κ1) is 11.6.